The van der Waals surface area contributed by atoms with E-state index >= 15 is 0 Å². The van der Waals surface area contributed by atoms with Crippen LogP contribution in [0.25, 0.3) is 0 Å². The summed E-state index contributed by atoms with van der Waals surface area (Å²) in [4.78, 5) is 29.4. The van der Waals surface area contributed by atoms with Crippen molar-refractivity contribution in [3.63, 3.8) is 0 Å². The Kier molecular flexibility index (Phi) is 10.7. The number of esters is 1. The molecule has 222 valence electrons. The summed E-state index contributed by atoms with van der Waals surface area (Å²) >= 11 is 1.55. The highest BCUT2D eigenvalue weighted by Crippen LogP contribution is 2.33. The van der Waals surface area contributed by atoms with Gasteiger partial charge in [0.1, 0.15) is 6.61 Å². The van der Waals surface area contributed by atoms with Crippen LogP contribution in [0.15, 0.2) is 108 Å². The molecular weight excluding hydrogens is 552 g/mol. The maximum atomic E-state index is 13.8. The molecule has 5 nitrogen and oxygen atoms in total. The molecular formula is C37H40N2O3S. The molecule has 1 aliphatic rings. The monoisotopic (exact) mass is 592 g/mol. The molecule has 4 aromatic rings. The van der Waals surface area contributed by atoms with E-state index in [0.29, 0.717) is 18.0 Å². The van der Waals surface area contributed by atoms with E-state index in [1.807, 2.05) is 53.8 Å². The van der Waals surface area contributed by atoms with Gasteiger partial charge in [-0.15, -0.1) is 0 Å². The molecule has 6 heteroatoms. The quantitative estimate of drug-likeness (QED) is 0.129. The predicted octanol–water partition coefficient (Wildman–Crippen LogP) is 8.57. The van der Waals surface area contributed by atoms with Crippen molar-refractivity contribution < 1.29 is 14.3 Å². The minimum atomic E-state index is -0.388. The number of likely N-dealkylation sites (N-methyl/N-ethyl adjacent to an activating group) is 1. The van der Waals surface area contributed by atoms with Crippen LogP contribution >= 0.6 is 11.9 Å². The Labute approximate surface area is 260 Å². The normalized spacial score (nSPS) is 13.6. The van der Waals surface area contributed by atoms with Crippen LogP contribution in [-0.4, -0.2) is 29.8 Å². The zero-order chi connectivity index (χ0) is 30.0. The highest BCUT2D eigenvalue weighted by atomic mass is 32.2. The van der Waals surface area contributed by atoms with E-state index in [9.17, 15) is 9.59 Å². The smallest absolute Gasteiger partial charge is 0.338 e. The highest BCUT2D eigenvalue weighted by Gasteiger charge is 2.21. The standard InChI is InChI=1S/C37H40N2O3S/c1-28-13-23-35(24-14-28)43-38(2)26-36(40)39(25-29-15-17-32(18-16-29)31-11-7-4-8-12-31)34-21-19-33(20-22-34)37(41)42-27-30-9-5-3-6-10-30/h3,5-6,9-10,13-24,31H,4,7-8,11-12,25-27H2,1-2H3. The number of anilines is 1. The predicted molar refractivity (Wildman–Crippen MR) is 175 cm³/mol. The van der Waals surface area contributed by atoms with Gasteiger partial charge < -0.3 is 9.64 Å². The largest absolute Gasteiger partial charge is 0.457 e. The molecule has 0 aliphatic heterocycles. The van der Waals surface area contributed by atoms with E-state index in [1.54, 1.807) is 29.0 Å². The van der Waals surface area contributed by atoms with E-state index < -0.39 is 0 Å². The Bertz CT molecular complexity index is 1470. The van der Waals surface area contributed by atoms with Gasteiger partial charge in [0.05, 0.1) is 18.7 Å². The lowest BCUT2D eigenvalue weighted by Crippen LogP contribution is -2.36. The number of aryl methyl sites for hydroxylation is 1. The molecule has 0 heterocycles. The fourth-order valence-corrected chi connectivity index (χ4v) is 6.30. The number of carbonyl (C=O) groups is 2. The topological polar surface area (TPSA) is 49.9 Å². The maximum absolute atomic E-state index is 13.8. The minimum Gasteiger partial charge on any atom is -0.457 e. The minimum absolute atomic E-state index is 0.0159. The van der Waals surface area contributed by atoms with Crippen LogP contribution in [0.1, 0.15) is 70.6 Å². The van der Waals surface area contributed by atoms with Crippen molar-refractivity contribution >= 4 is 29.5 Å². The van der Waals surface area contributed by atoms with Gasteiger partial charge in [0.2, 0.25) is 5.91 Å². The zero-order valence-electron chi connectivity index (χ0n) is 25.1. The van der Waals surface area contributed by atoms with Gasteiger partial charge >= 0.3 is 5.97 Å². The van der Waals surface area contributed by atoms with E-state index in [-0.39, 0.29) is 25.0 Å². The van der Waals surface area contributed by atoms with E-state index in [1.165, 1.54) is 43.2 Å². The Morgan fingerprint density at radius 3 is 2.14 bits per heavy atom. The lowest BCUT2D eigenvalue weighted by molar-refractivity contribution is -0.118. The van der Waals surface area contributed by atoms with Crippen molar-refractivity contribution in [3.05, 3.63) is 131 Å². The molecule has 0 N–H and O–H groups in total. The third kappa shape index (κ3) is 8.82. The molecule has 0 bridgehead atoms. The third-order valence-corrected chi connectivity index (χ3v) is 8.89. The second kappa shape index (κ2) is 15.0. The van der Waals surface area contributed by atoms with Crippen LogP contribution in [-0.2, 0) is 22.7 Å². The first-order valence-corrected chi connectivity index (χ1v) is 15.9. The summed E-state index contributed by atoms with van der Waals surface area (Å²) in [7, 11) is 1.94. The second-order valence-electron chi connectivity index (χ2n) is 11.4. The highest BCUT2D eigenvalue weighted by molar-refractivity contribution is 7.97. The molecule has 0 spiro atoms. The molecule has 0 aromatic heterocycles. The Hall–Kier alpha value is -3.87. The molecule has 43 heavy (non-hydrogen) atoms. The summed E-state index contributed by atoms with van der Waals surface area (Å²) in [6, 6.07) is 33.8. The Morgan fingerprint density at radius 1 is 0.791 bits per heavy atom. The SMILES string of the molecule is Cc1ccc(SN(C)CC(=O)N(Cc2ccc(C3CCCCC3)cc2)c2ccc(C(=O)OCc3ccccc3)cc2)cc1. The summed E-state index contributed by atoms with van der Waals surface area (Å²) in [5, 5.41) is 0. The Morgan fingerprint density at radius 2 is 1.47 bits per heavy atom. The molecule has 1 amide bonds. The van der Waals surface area contributed by atoms with Gasteiger partial charge in [-0.3, -0.25) is 4.79 Å². The van der Waals surface area contributed by atoms with Crippen molar-refractivity contribution in [1.82, 2.24) is 4.31 Å². The molecule has 5 rings (SSSR count). The first-order valence-electron chi connectivity index (χ1n) is 15.1. The average molecular weight is 593 g/mol. The van der Waals surface area contributed by atoms with E-state index in [2.05, 4.69) is 55.5 Å². The Balaban J connectivity index is 1.29. The number of hydrogen-bond donors (Lipinski definition) is 0. The molecule has 1 aliphatic carbocycles. The van der Waals surface area contributed by atoms with Gasteiger partial charge in [-0.2, -0.15) is 0 Å². The van der Waals surface area contributed by atoms with E-state index in [4.69, 9.17) is 4.74 Å². The van der Waals surface area contributed by atoms with Crippen LogP contribution in [0.5, 0.6) is 0 Å². The van der Waals surface area contributed by atoms with Crippen molar-refractivity contribution in [1.29, 1.82) is 0 Å². The molecule has 1 saturated carbocycles. The fourth-order valence-electron chi connectivity index (χ4n) is 5.51. The molecule has 1 fully saturated rings. The summed E-state index contributed by atoms with van der Waals surface area (Å²) in [5.41, 5.74) is 5.82. The third-order valence-electron chi connectivity index (χ3n) is 7.97. The summed E-state index contributed by atoms with van der Waals surface area (Å²) in [6.45, 7) is 2.97. The molecule has 0 atom stereocenters. The van der Waals surface area contributed by atoms with Crippen LogP contribution in [0.2, 0.25) is 0 Å². The average Bonchev–Trinajstić information content (AvgIpc) is 3.05. The van der Waals surface area contributed by atoms with Crippen molar-refractivity contribution in [2.45, 2.75) is 63.0 Å². The maximum Gasteiger partial charge on any atom is 0.338 e. The second-order valence-corrected chi connectivity index (χ2v) is 12.6. The summed E-state index contributed by atoms with van der Waals surface area (Å²) < 4.78 is 7.47. The summed E-state index contributed by atoms with van der Waals surface area (Å²) in [6.07, 6.45) is 6.47. The number of ether oxygens (including phenoxy) is 1. The van der Waals surface area contributed by atoms with Gasteiger partial charge in [-0.25, -0.2) is 9.10 Å². The van der Waals surface area contributed by atoms with Crippen LogP contribution < -0.4 is 4.90 Å². The lowest BCUT2D eigenvalue weighted by Gasteiger charge is -2.26. The summed E-state index contributed by atoms with van der Waals surface area (Å²) in [5.74, 6) is 0.237. The fraction of sp³-hybridized carbons (Fsp3) is 0.297. The van der Waals surface area contributed by atoms with Crippen LogP contribution in [0.4, 0.5) is 5.69 Å². The van der Waals surface area contributed by atoms with Crippen LogP contribution in [0.3, 0.4) is 0 Å². The molecule has 0 radical (unpaired) electrons. The lowest BCUT2D eigenvalue weighted by atomic mass is 9.84. The number of amides is 1. The van der Waals surface area contributed by atoms with Crippen molar-refractivity contribution in [2.24, 2.45) is 0 Å². The number of hydrogen-bond acceptors (Lipinski definition) is 5. The molecule has 0 saturated heterocycles. The van der Waals surface area contributed by atoms with Gasteiger partial charge in [0.15, 0.2) is 0 Å². The number of benzene rings is 4. The van der Waals surface area contributed by atoms with E-state index in [0.717, 1.165) is 21.7 Å². The van der Waals surface area contributed by atoms with Crippen molar-refractivity contribution in [3.8, 4) is 0 Å². The van der Waals surface area contributed by atoms with Crippen molar-refractivity contribution in [2.75, 3.05) is 18.5 Å². The molecule has 4 aromatic carbocycles. The molecule has 0 unspecified atom stereocenters. The van der Waals surface area contributed by atoms with Gasteiger partial charge in [0.25, 0.3) is 0 Å². The first-order chi connectivity index (χ1) is 20.9. The number of carbonyl (C=O) groups excluding carboxylic acids is 2. The van der Waals surface area contributed by atoms with Gasteiger partial charge in [0, 0.05) is 10.6 Å². The zero-order valence-corrected chi connectivity index (χ0v) is 25.9. The van der Waals surface area contributed by atoms with Crippen LogP contribution in [0, 0.1) is 6.92 Å². The van der Waals surface area contributed by atoms with Gasteiger partial charge in [-0.05, 0) is 97.8 Å². The first kappa shape index (κ1) is 30.6. The van der Waals surface area contributed by atoms with Gasteiger partial charge in [-0.1, -0.05) is 91.6 Å². The number of nitrogens with zero attached hydrogens (tertiary/aromatic N) is 2. The number of rotatable bonds is 11.